The number of para-hydroxylation sites is 1. The number of carbonyl (C=O) groups is 1. The number of rotatable bonds is 8. The molecule has 31 heavy (non-hydrogen) atoms. The van der Waals surface area contributed by atoms with Gasteiger partial charge in [-0.25, -0.2) is 13.4 Å². The first-order valence-electron chi connectivity index (χ1n) is 9.44. The molecule has 0 aliphatic carbocycles. The molecule has 164 valence electrons. The van der Waals surface area contributed by atoms with E-state index in [9.17, 15) is 18.0 Å². The van der Waals surface area contributed by atoms with Crippen molar-refractivity contribution in [1.29, 1.82) is 0 Å². The van der Waals surface area contributed by atoms with E-state index in [0.29, 0.717) is 28.8 Å². The molecule has 1 heterocycles. The summed E-state index contributed by atoms with van der Waals surface area (Å²) in [5.41, 5.74) is 0.461. The zero-order chi connectivity index (χ0) is 22.6. The van der Waals surface area contributed by atoms with Crippen LogP contribution in [-0.4, -0.2) is 44.4 Å². The van der Waals surface area contributed by atoms with Crippen molar-refractivity contribution in [2.75, 3.05) is 25.8 Å². The van der Waals surface area contributed by atoms with Crippen LogP contribution in [0.3, 0.4) is 0 Å². The first-order chi connectivity index (χ1) is 14.7. The molecule has 0 bridgehead atoms. The fraction of sp³-hybridized carbons (Fsp3) is 0.286. The average Bonchev–Trinajstić information content (AvgIpc) is 2.74. The monoisotopic (exact) mass is 445 g/mol. The summed E-state index contributed by atoms with van der Waals surface area (Å²) >= 11 is 0. The van der Waals surface area contributed by atoms with Crippen molar-refractivity contribution in [3.05, 3.63) is 53.1 Å². The fourth-order valence-corrected chi connectivity index (χ4v) is 4.00. The van der Waals surface area contributed by atoms with Gasteiger partial charge >= 0.3 is 0 Å². The number of sulfone groups is 1. The second-order valence-electron chi connectivity index (χ2n) is 6.89. The lowest BCUT2D eigenvalue weighted by atomic mass is 10.2. The molecule has 1 aromatic heterocycles. The van der Waals surface area contributed by atoms with Gasteiger partial charge < -0.3 is 14.8 Å². The number of carbonyl (C=O) groups excluding carboxylic acids is 1. The van der Waals surface area contributed by atoms with E-state index in [0.717, 1.165) is 6.26 Å². The van der Waals surface area contributed by atoms with E-state index >= 15 is 0 Å². The first kappa shape index (κ1) is 22.3. The molecular formula is C21H23N3O6S. The SMILES string of the molecule is COc1cc2ncn(CCCC(=O)Nc3ccccc3S(C)(=O)=O)c(=O)c2cc1OC. The molecule has 0 atom stereocenters. The number of aryl methyl sites for hydroxylation is 1. The molecule has 9 nitrogen and oxygen atoms in total. The van der Waals surface area contributed by atoms with E-state index in [1.165, 1.54) is 37.2 Å². The Morgan fingerprint density at radius 1 is 1.13 bits per heavy atom. The molecule has 0 aliphatic heterocycles. The smallest absolute Gasteiger partial charge is 0.261 e. The third-order valence-electron chi connectivity index (χ3n) is 4.69. The van der Waals surface area contributed by atoms with Crippen LogP contribution in [0.15, 0.2) is 52.4 Å². The van der Waals surface area contributed by atoms with Gasteiger partial charge in [0, 0.05) is 25.3 Å². The Morgan fingerprint density at radius 2 is 1.81 bits per heavy atom. The lowest BCUT2D eigenvalue weighted by molar-refractivity contribution is -0.116. The Bertz CT molecular complexity index is 1280. The van der Waals surface area contributed by atoms with Gasteiger partial charge in [0.2, 0.25) is 5.91 Å². The maximum atomic E-state index is 12.8. The molecule has 3 aromatic rings. The van der Waals surface area contributed by atoms with Gasteiger partial charge in [0.25, 0.3) is 5.56 Å². The van der Waals surface area contributed by atoms with E-state index < -0.39 is 9.84 Å². The summed E-state index contributed by atoms with van der Waals surface area (Å²) in [6.45, 7) is 0.275. The highest BCUT2D eigenvalue weighted by Gasteiger charge is 2.15. The summed E-state index contributed by atoms with van der Waals surface area (Å²) < 4.78 is 35.6. The van der Waals surface area contributed by atoms with Crippen molar-refractivity contribution in [1.82, 2.24) is 9.55 Å². The molecule has 1 amide bonds. The Hall–Kier alpha value is -3.40. The van der Waals surface area contributed by atoms with Gasteiger partial charge in [0.1, 0.15) is 0 Å². The van der Waals surface area contributed by atoms with Crippen molar-refractivity contribution >= 4 is 32.3 Å². The summed E-state index contributed by atoms with van der Waals surface area (Å²) in [6, 6.07) is 9.42. The van der Waals surface area contributed by atoms with E-state index in [1.54, 1.807) is 24.3 Å². The second-order valence-corrected chi connectivity index (χ2v) is 8.87. The van der Waals surface area contributed by atoms with Crippen LogP contribution < -0.4 is 20.3 Å². The third-order valence-corrected chi connectivity index (χ3v) is 5.85. The van der Waals surface area contributed by atoms with Gasteiger partial charge in [0.05, 0.1) is 42.0 Å². The summed E-state index contributed by atoms with van der Waals surface area (Å²) in [5, 5.41) is 3.00. The van der Waals surface area contributed by atoms with Gasteiger partial charge in [-0.2, -0.15) is 0 Å². The van der Waals surface area contributed by atoms with Gasteiger partial charge in [0.15, 0.2) is 21.3 Å². The van der Waals surface area contributed by atoms with Crippen LogP contribution in [-0.2, 0) is 21.2 Å². The molecule has 3 rings (SSSR count). The normalized spacial score (nSPS) is 11.3. The molecule has 0 aliphatic rings. The van der Waals surface area contributed by atoms with Crippen LogP contribution in [0.4, 0.5) is 5.69 Å². The molecule has 0 radical (unpaired) electrons. The van der Waals surface area contributed by atoms with Crippen LogP contribution >= 0.6 is 0 Å². The average molecular weight is 445 g/mol. The maximum Gasteiger partial charge on any atom is 0.261 e. The summed E-state index contributed by atoms with van der Waals surface area (Å²) in [4.78, 5) is 29.4. The summed E-state index contributed by atoms with van der Waals surface area (Å²) in [7, 11) is -0.478. The Balaban J connectivity index is 1.70. The number of anilines is 1. The number of methoxy groups -OCH3 is 2. The highest BCUT2D eigenvalue weighted by atomic mass is 32.2. The minimum absolute atomic E-state index is 0.0580. The number of benzene rings is 2. The number of hydrogen-bond donors (Lipinski definition) is 1. The molecule has 0 spiro atoms. The highest BCUT2D eigenvalue weighted by molar-refractivity contribution is 7.90. The maximum absolute atomic E-state index is 12.8. The zero-order valence-electron chi connectivity index (χ0n) is 17.4. The number of amides is 1. The minimum atomic E-state index is -3.47. The van der Waals surface area contributed by atoms with Gasteiger partial charge in [-0.15, -0.1) is 0 Å². The van der Waals surface area contributed by atoms with Crippen molar-refractivity contribution in [2.45, 2.75) is 24.3 Å². The molecule has 10 heteroatoms. The lowest BCUT2D eigenvalue weighted by Gasteiger charge is -2.11. The Morgan fingerprint density at radius 3 is 2.48 bits per heavy atom. The molecule has 2 aromatic carbocycles. The number of hydrogen-bond acceptors (Lipinski definition) is 7. The van der Waals surface area contributed by atoms with E-state index in [2.05, 4.69) is 10.3 Å². The van der Waals surface area contributed by atoms with Crippen LogP contribution in [0.1, 0.15) is 12.8 Å². The van der Waals surface area contributed by atoms with Crippen molar-refractivity contribution < 1.29 is 22.7 Å². The Labute approximate surface area is 179 Å². The Kier molecular flexibility index (Phi) is 6.59. The zero-order valence-corrected chi connectivity index (χ0v) is 18.2. The van der Waals surface area contributed by atoms with Crippen molar-refractivity contribution in [3.8, 4) is 11.5 Å². The fourth-order valence-electron chi connectivity index (χ4n) is 3.16. The van der Waals surface area contributed by atoms with Crippen LogP contribution in [0.2, 0.25) is 0 Å². The predicted molar refractivity (Wildman–Crippen MR) is 117 cm³/mol. The van der Waals surface area contributed by atoms with E-state index in [1.807, 2.05) is 0 Å². The van der Waals surface area contributed by atoms with Crippen molar-refractivity contribution in [2.24, 2.45) is 0 Å². The molecule has 0 unspecified atom stereocenters. The van der Waals surface area contributed by atoms with E-state index in [4.69, 9.17) is 9.47 Å². The number of fused-ring (bicyclic) bond motifs is 1. The number of nitrogens with one attached hydrogen (secondary N) is 1. The third kappa shape index (κ3) is 5.02. The van der Waals surface area contributed by atoms with Crippen LogP contribution in [0.5, 0.6) is 11.5 Å². The topological polar surface area (TPSA) is 117 Å². The first-order valence-corrected chi connectivity index (χ1v) is 11.3. The predicted octanol–water partition coefficient (Wildman–Crippen LogP) is 2.24. The molecule has 0 saturated heterocycles. The summed E-state index contributed by atoms with van der Waals surface area (Å²) in [6.07, 6.45) is 2.98. The number of aromatic nitrogens is 2. The quantitative estimate of drug-likeness (QED) is 0.565. The van der Waals surface area contributed by atoms with Gasteiger partial charge in [-0.05, 0) is 24.6 Å². The van der Waals surface area contributed by atoms with Crippen molar-refractivity contribution in [3.63, 3.8) is 0 Å². The standard InChI is InChI=1S/C21H23N3O6S/c1-29-17-11-14-16(12-18(17)30-2)22-13-24(21(14)26)10-6-9-20(25)23-15-7-4-5-8-19(15)31(3,27)28/h4-5,7-8,11-13H,6,9-10H2,1-3H3,(H,23,25). The molecule has 0 saturated carbocycles. The number of nitrogens with zero attached hydrogens (tertiary/aromatic N) is 2. The lowest BCUT2D eigenvalue weighted by Crippen LogP contribution is -2.22. The summed E-state index contributed by atoms with van der Waals surface area (Å²) in [5.74, 6) is 0.561. The minimum Gasteiger partial charge on any atom is -0.493 e. The molecule has 0 fully saturated rings. The van der Waals surface area contributed by atoms with E-state index in [-0.39, 0.29) is 35.0 Å². The highest BCUT2D eigenvalue weighted by Crippen LogP contribution is 2.29. The largest absolute Gasteiger partial charge is 0.493 e. The number of ether oxygens (including phenoxy) is 2. The van der Waals surface area contributed by atoms with Gasteiger partial charge in [-0.3, -0.25) is 14.2 Å². The van der Waals surface area contributed by atoms with Gasteiger partial charge in [-0.1, -0.05) is 12.1 Å². The second kappa shape index (κ2) is 9.17. The van der Waals surface area contributed by atoms with Crippen LogP contribution in [0, 0.1) is 0 Å². The molecular weight excluding hydrogens is 422 g/mol. The van der Waals surface area contributed by atoms with Crippen LogP contribution in [0.25, 0.3) is 10.9 Å². The molecule has 1 N–H and O–H groups in total.